The molecular formula is C17H22N2OS. The second-order valence-electron chi connectivity index (χ2n) is 5.55. The van der Waals surface area contributed by atoms with Gasteiger partial charge in [0, 0.05) is 30.1 Å². The second-order valence-corrected chi connectivity index (χ2v) is 6.63. The highest BCUT2D eigenvalue weighted by Crippen LogP contribution is 2.29. The number of nitrogens with one attached hydrogen (secondary N) is 1. The van der Waals surface area contributed by atoms with Crippen molar-refractivity contribution in [3.63, 3.8) is 0 Å². The van der Waals surface area contributed by atoms with Gasteiger partial charge < -0.3 is 10.1 Å². The first kappa shape index (κ1) is 14.7. The highest BCUT2D eigenvalue weighted by Gasteiger charge is 2.17. The molecule has 1 saturated carbocycles. The quantitative estimate of drug-likeness (QED) is 0.876. The van der Waals surface area contributed by atoms with Gasteiger partial charge in [-0.05, 0) is 12.8 Å². The number of nitrogens with zero attached hydrogens (tertiary/aromatic N) is 1. The predicted octanol–water partition coefficient (Wildman–Crippen LogP) is 3.99. The highest BCUT2D eigenvalue weighted by atomic mass is 32.1. The molecule has 0 spiro atoms. The molecule has 0 saturated heterocycles. The molecule has 1 aromatic heterocycles. The molecule has 0 aliphatic heterocycles. The predicted molar refractivity (Wildman–Crippen MR) is 87.4 cm³/mol. The van der Waals surface area contributed by atoms with E-state index in [1.165, 1.54) is 36.1 Å². The maximum absolute atomic E-state index is 5.31. The number of methoxy groups -OCH3 is 1. The average Bonchev–Trinajstić information content (AvgIpc) is 3.16. The van der Waals surface area contributed by atoms with E-state index < -0.39 is 0 Å². The minimum absolute atomic E-state index is 0.588. The topological polar surface area (TPSA) is 34.1 Å². The maximum atomic E-state index is 5.31. The van der Waals surface area contributed by atoms with Crippen molar-refractivity contribution in [2.24, 2.45) is 0 Å². The lowest BCUT2D eigenvalue weighted by Gasteiger charge is -2.11. The fourth-order valence-electron chi connectivity index (χ4n) is 2.84. The van der Waals surface area contributed by atoms with E-state index in [1.807, 2.05) is 6.07 Å². The molecule has 0 unspecified atom stereocenters. The van der Waals surface area contributed by atoms with E-state index in [9.17, 15) is 0 Å². The van der Waals surface area contributed by atoms with Crippen LogP contribution in [0.1, 0.15) is 36.3 Å². The first-order valence-electron chi connectivity index (χ1n) is 7.63. The van der Waals surface area contributed by atoms with Gasteiger partial charge in [-0.25, -0.2) is 4.98 Å². The first-order chi connectivity index (χ1) is 10.4. The zero-order valence-corrected chi connectivity index (χ0v) is 13.3. The molecule has 1 aliphatic carbocycles. The molecule has 3 nitrogen and oxygen atoms in total. The summed E-state index contributed by atoms with van der Waals surface area (Å²) in [7, 11) is 1.73. The van der Waals surface area contributed by atoms with Crippen molar-refractivity contribution in [1.29, 1.82) is 0 Å². The Balaban J connectivity index is 1.76. The van der Waals surface area contributed by atoms with Crippen molar-refractivity contribution in [3.05, 3.63) is 40.9 Å². The molecule has 3 rings (SSSR count). The maximum Gasteiger partial charge on any atom is 0.124 e. The molecule has 1 N–H and O–H groups in total. The zero-order valence-electron chi connectivity index (χ0n) is 12.5. The number of aromatic nitrogens is 1. The smallest absolute Gasteiger partial charge is 0.124 e. The molecule has 1 heterocycles. The average molecular weight is 302 g/mol. The molecule has 1 aliphatic rings. The van der Waals surface area contributed by atoms with E-state index >= 15 is 0 Å². The van der Waals surface area contributed by atoms with Gasteiger partial charge in [-0.15, -0.1) is 11.3 Å². The standard InChI is InChI=1S/C17H22N2OS/c1-20-12-15-16(11-18-14-9-5-6-10-14)21-17(19-15)13-7-3-2-4-8-13/h2-4,7-8,14,18H,5-6,9-12H2,1H3. The Hall–Kier alpha value is -1.23. The first-order valence-corrected chi connectivity index (χ1v) is 8.45. The molecule has 0 amide bonds. The fraction of sp³-hybridized carbons (Fsp3) is 0.471. The number of benzene rings is 1. The van der Waals surface area contributed by atoms with Crippen LogP contribution in [0.3, 0.4) is 0 Å². The molecule has 112 valence electrons. The Bertz CT molecular complexity index is 561. The minimum Gasteiger partial charge on any atom is -0.378 e. The van der Waals surface area contributed by atoms with Crippen molar-refractivity contribution in [2.75, 3.05) is 7.11 Å². The third-order valence-electron chi connectivity index (χ3n) is 3.99. The molecule has 1 fully saturated rings. The van der Waals surface area contributed by atoms with Gasteiger partial charge >= 0.3 is 0 Å². The van der Waals surface area contributed by atoms with Gasteiger partial charge in [-0.1, -0.05) is 43.2 Å². The van der Waals surface area contributed by atoms with E-state index in [0.717, 1.165) is 17.2 Å². The van der Waals surface area contributed by atoms with Crippen LogP contribution in [0.15, 0.2) is 30.3 Å². The lowest BCUT2D eigenvalue weighted by Crippen LogP contribution is -2.25. The third-order valence-corrected chi connectivity index (χ3v) is 5.13. The van der Waals surface area contributed by atoms with E-state index in [2.05, 4.69) is 29.6 Å². The van der Waals surface area contributed by atoms with Crippen molar-refractivity contribution < 1.29 is 4.74 Å². The third kappa shape index (κ3) is 3.70. The molecule has 4 heteroatoms. The van der Waals surface area contributed by atoms with Gasteiger partial charge in [0.25, 0.3) is 0 Å². The Morgan fingerprint density at radius 2 is 2.00 bits per heavy atom. The second kappa shape index (κ2) is 7.16. The van der Waals surface area contributed by atoms with Crippen molar-refractivity contribution in [2.45, 2.75) is 44.9 Å². The number of hydrogen-bond acceptors (Lipinski definition) is 4. The van der Waals surface area contributed by atoms with Gasteiger partial charge in [-0.3, -0.25) is 0 Å². The van der Waals surface area contributed by atoms with Crippen LogP contribution < -0.4 is 5.32 Å². The Morgan fingerprint density at radius 1 is 1.24 bits per heavy atom. The zero-order chi connectivity index (χ0) is 14.5. The minimum atomic E-state index is 0.588. The molecule has 1 aromatic carbocycles. The van der Waals surface area contributed by atoms with Crippen molar-refractivity contribution >= 4 is 11.3 Å². The molecule has 0 radical (unpaired) electrons. The van der Waals surface area contributed by atoms with Crippen LogP contribution >= 0.6 is 11.3 Å². The van der Waals surface area contributed by atoms with Gasteiger partial charge in [-0.2, -0.15) is 0 Å². The Kier molecular flexibility index (Phi) is 5.01. The fourth-order valence-corrected chi connectivity index (χ4v) is 3.86. The summed E-state index contributed by atoms with van der Waals surface area (Å²) in [4.78, 5) is 6.08. The van der Waals surface area contributed by atoms with Gasteiger partial charge in [0.2, 0.25) is 0 Å². The van der Waals surface area contributed by atoms with Gasteiger partial charge in [0.05, 0.1) is 12.3 Å². The van der Waals surface area contributed by atoms with Crippen LogP contribution in [0.25, 0.3) is 10.6 Å². The summed E-state index contributed by atoms with van der Waals surface area (Å²) in [5.74, 6) is 0. The Labute approximate surface area is 130 Å². The van der Waals surface area contributed by atoms with Crippen LogP contribution in [0.4, 0.5) is 0 Å². The number of ether oxygens (including phenoxy) is 1. The summed E-state index contributed by atoms with van der Waals surface area (Å²) in [5, 5.41) is 4.77. The highest BCUT2D eigenvalue weighted by molar-refractivity contribution is 7.15. The lowest BCUT2D eigenvalue weighted by atomic mass is 10.2. The van der Waals surface area contributed by atoms with Crippen LogP contribution in [-0.2, 0) is 17.9 Å². The monoisotopic (exact) mass is 302 g/mol. The van der Waals surface area contributed by atoms with E-state index in [0.29, 0.717) is 12.6 Å². The molecule has 2 aromatic rings. The van der Waals surface area contributed by atoms with E-state index in [-0.39, 0.29) is 0 Å². The number of rotatable bonds is 6. The van der Waals surface area contributed by atoms with Gasteiger partial charge in [0.15, 0.2) is 0 Å². The lowest BCUT2D eigenvalue weighted by molar-refractivity contribution is 0.181. The summed E-state index contributed by atoms with van der Waals surface area (Å²) in [5.41, 5.74) is 2.26. The van der Waals surface area contributed by atoms with Gasteiger partial charge in [0.1, 0.15) is 5.01 Å². The summed E-state index contributed by atoms with van der Waals surface area (Å²) in [6, 6.07) is 11.1. The van der Waals surface area contributed by atoms with Crippen LogP contribution in [0, 0.1) is 0 Å². The van der Waals surface area contributed by atoms with E-state index in [4.69, 9.17) is 9.72 Å². The van der Waals surface area contributed by atoms with Crippen LogP contribution in [0.5, 0.6) is 0 Å². The Morgan fingerprint density at radius 3 is 2.71 bits per heavy atom. The molecule has 0 bridgehead atoms. The molecular weight excluding hydrogens is 280 g/mol. The van der Waals surface area contributed by atoms with Crippen molar-refractivity contribution in [1.82, 2.24) is 10.3 Å². The number of thiazole rings is 1. The van der Waals surface area contributed by atoms with Crippen LogP contribution in [0.2, 0.25) is 0 Å². The van der Waals surface area contributed by atoms with Crippen molar-refractivity contribution in [3.8, 4) is 10.6 Å². The summed E-state index contributed by atoms with van der Waals surface area (Å²) >= 11 is 1.78. The van der Waals surface area contributed by atoms with E-state index in [1.54, 1.807) is 18.4 Å². The molecule has 0 atom stereocenters. The molecule has 21 heavy (non-hydrogen) atoms. The summed E-state index contributed by atoms with van der Waals surface area (Å²) < 4.78 is 5.31. The van der Waals surface area contributed by atoms with Crippen LogP contribution in [-0.4, -0.2) is 18.1 Å². The summed E-state index contributed by atoms with van der Waals surface area (Å²) in [6.45, 7) is 1.50. The SMILES string of the molecule is COCc1nc(-c2ccccc2)sc1CNC1CCCC1. The largest absolute Gasteiger partial charge is 0.378 e. The normalized spacial score (nSPS) is 15.7. The number of hydrogen-bond donors (Lipinski definition) is 1. The summed E-state index contributed by atoms with van der Waals surface area (Å²) in [6.07, 6.45) is 5.34.